The Morgan fingerprint density at radius 3 is 0.733 bits per heavy atom. The summed E-state index contributed by atoms with van der Waals surface area (Å²) >= 11 is 0. The topological polar surface area (TPSA) is 59.9 Å². The second-order valence-corrected chi connectivity index (χ2v) is 18.6. The quantitative estimate of drug-likeness (QED) is 0.0493. The van der Waals surface area contributed by atoms with Gasteiger partial charge in [-0.15, -0.1) is 0 Å². The number of hydrogen-bond acceptors (Lipinski definition) is 4. The summed E-state index contributed by atoms with van der Waals surface area (Å²) in [6, 6.07) is 7.34. The lowest BCUT2D eigenvalue weighted by atomic mass is 10.0. The number of hydrogen-bond donors (Lipinski definition) is 0. The number of carbonyl (C=O) groups excluding carboxylic acids is 2. The number of carbonyl (C=O) groups is 2. The summed E-state index contributed by atoms with van der Waals surface area (Å²) in [5.41, 5.74) is 2.72. The van der Waals surface area contributed by atoms with Crippen LogP contribution in [0.3, 0.4) is 0 Å². The number of pyridine rings is 2. The first-order valence-corrected chi connectivity index (χ1v) is 26.6. The summed E-state index contributed by atoms with van der Waals surface area (Å²) in [6.07, 6.45) is 58.9. The van der Waals surface area contributed by atoms with Crippen molar-refractivity contribution < 1.29 is 9.59 Å². The Kier molecular flexibility index (Phi) is 36.5. The van der Waals surface area contributed by atoms with Gasteiger partial charge in [0.2, 0.25) is 0 Å². The summed E-state index contributed by atoms with van der Waals surface area (Å²) in [4.78, 5) is 35.1. The van der Waals surface area contributed by atoms with Crippen molar-refractivity contribution in [1.29, 1.82) is 0 Å². The molecule has 2 heterocycles. The van der Waals surface area contributed by atoms with Crippen LogP contribution in [0.1, 0.15) is 304 Å². The zero-order valence-electron chi connectivity index (χ0n) is 39.9. The molecule has 0 aliphatic heterocycles. The van der Waals surface area contributed by atoms with E-state index in [-0.39, 0.29) is 11.6 Å². The molecule has 0 unspecified atom stereocenters. The summed E-state index contributed by atoms with van der Waals surface area (Å²) in [5.74, 6) is 0.348. The Labute approximate surface area is 372 Å². The predicted molar refractivity (Wildman–Crippen MR) is 261 cm³/mol. The van der Waals surface area contributed by atoms with Crippen LogP contribution >= 0.6 is 0 Å². The SMILES string of the molecule is CCCCCCCCCCCCCCCCCCCCCCC(=O)c1ccnc(-c2cc(C(=O)CCCCCCCCCCCCCCCCCCCCCC)ccn2)c1. The van der Waals surface area contributed by atoms with Crippen LogP contribution in [0.2, 0.25) is 0 Å². The molecule has 0 atom stereocenters. The summed E-state index contributed by atoms with van der Waals surface area (Å²) in [7, 11) is 0. The van der Waals surface area contributed by atoms with E-state index < -0.39 is 0 Å². The maximum atomic E-state index is 13.0. The Morgan fingerprint density at radius 2 is 0.517 bits per heavy atom. The Morgan fingerprint density at radius 1 is 0.317 bits per heavy atom. The van der Waals surface area contributed by atoms with Crippen molar-refractivity contribution in [2.75, 3.05) is 0 Å². The molecule has 4 heteroatoms. The van der Waals surface area contributed by atoms with Crippen molar-refractivity contribution in [2.45, 2.75) is 284 Å². The fraction of sp³-hybridized carbons (Fsp3) is 0.786. The van der Waals surface area contributed by atoms with Crippen molar-refractivity contribution in [3.8, 4) is 11.4 Å². The van der Waals surface area contributed by atoms with Gasteiger partial charge >= 0.3 is 0 Å². The van der Waals surface area contributed by atoms with Crippen LogP contribution < -0.4 is 0 Å². The van der Waals surface area contributed by atoms with Gasteiger partial charge in [0.05, 0.1) is 11.4 Å². The first-order chi connectivity index (χ1) is 29.7. The first-order valence-electron chi connectivity index (χ1n) is 26.6. The van der Waals surface area contributed by atoms with E-state index >= 15 is 0 Å². The fourth-order valence-corrected chi connectivity index (χ4v) is 8.86. The highest BCUT2D eigenvalue weighted by Gasteiger charge is 2.12. The standard InChI is InChI=1S/C56H96N2O2/c1-3-5-7-9-11-13-15-17-19-21-23-25-27-29-31-33-35-37-39-41-43-55(59)51-45-47-57-53(49-51)54-50-52(46-48-58-54)56(60)44-42-40-38-36-34-32-30-28-26-24-22-20-18-16-14-12-10-8-6-4-2/h45-50H,3-44H2,1-2H3. The third-order valence-corrected chi connectivity index (χ3v) is 12.9. The second-order valence-electron chi connectivity index (χ2n) is 18.6. The van der Waals surface area contributed by atoms with E-state index in [4.69, 9.17) is 0 Å². The van der Waals surface area contributed by atoms with Gasteiger partial charge in [-0.3, -0.25) is 19.6 Å². The van der Waals surface area contributed by atoms with Gasteiger partial charge in [-0.1, -0.05) is 258 Å². The van der Waals surface area contributed by atoms with Crippen LogP contribution in [0.25, 0.3) is 11.4 Å². The summed E-state index contributed by atoms with van der Waals surface area (Å²) in [5, 5.41) is 0. The molecule has 0 aliphatic carbocycles. The Balaban J connectivity index is 1.44. The Bertz CT molecular complexity index is 1180. The minimum absolute atomic E-state index is 0.174. The highest BCUT2D eigenvalue weighted by molar-refractivity contribution is 5.98. The molecule has 0 saturated heterocycles. The molecule has 0 amide bonds. The molecule has 0 N–H and O–H groups in total. The molecule has 0 bridgehead atoms. The highest BCUT2D eigenvalue weighted by atomic mass is 16.1. The van der Waals surface area contributed by atoms with E-state index in [0.29, 0.717) is 35.4 Å². The average Bonchev–Trinajstić information content (AvgIpc) is 3.27. The van der Waals surface area contributed by atoms with Crippen LogP contribution in [0.5, 0.6) is 0 Å². The molecule has 0 spiro atoms. The number of ketones is 2. The summed E-state index contributed by atoms with van der Waals surface area (Å²) in [6.45, 7) is 4.59. The largest absolute Gasteiger partial charge is 0.294 e. The molecular formula is C56H96N2O2. The number of Topliss-reactive ketones (excluding diaryl/α,β-unsaturated/α-hetero) is 2. The van der Waals surface area contributed by atoms with Crippen molar-refractivity contribution in [1.82, 2.24) is 9.97 Å². The van der Waals surface area contributed by atoms with E-state index in [1.54, 1.807) is 12.4 Å². The van der Waals surface area contributed by atoms with Crippen molar-refractivity contribution in [2.24, 2.45) is 0 Å². The van der Waals surface area contributed by atoms with Gasteiger partial charge in [0.1, 0.15) is 0 Å². The van der Waals surface area contributed by atoms with Crippen LogP contribution in [-0.4, -0.2) is 21.5 Å². The van der Waals surface area contributed by atoms with Crippen LogP contribution in [-0.2, 0) is 0 Å². The molecule has 0 radical (unpaired) electrons. The molecule has 4 nitrogen and oxygen atoms in total. The molecule has 0 saturated carbocycles. The van der Waals surface area contributed by atoms with Crippen LogP contribution in [0.4, 0.5) is 0 Å². The molecule has 0 aliphatic rings. The molecule has 0 aromatic carbocycles. The molecular weight excluding hydrogens is 733 g/mol. The monoisotopic (exact) mass is 829 g/mol. The van der Waals surface area contributed by atoms with E-state index in [0.717, 1.165) is 25.7 Å². The lowest BCUT2D eigenvalue weighted by molar-refractivity contribution is 0.0971. The number of rotatable bonds is 45. The lowest BCUT2D eigenvalue weighted by Gasteiger charge is -2.07. The first kappa shape index (κ1) is 53.8. The maximum absolute atomic E-state index is 13.0. The zero-order chi connectivity index (χ0) is 42.8. The molecule has 2 aromatic heterocycles. The van der Waals surface area contributed by atoms with Crippen LogP contribution in [0, 0.1) is 0 Å². The highest BCUT2D eigenvalue weighted by Crippen LogP contribution is 2.21. The van der Waals surface area contributed by atoms with Crippen molar-refractivity contribution in [3.05, 3.63) is 47.8 Å². The van der Waals surface area contributed by atoms with E-state index in [1.807, 2.05) is 24.3 Å². The van der Waals surface area contributed by atoms with Crippen LogP contribution in [0.15, 0.2) is 36.7 Å². The average molecular weight is 829 g/mol. The van der Waals surface area contributed by atoms with Gasteiger partial charge in [-0.05, 0) is 37.1 Å². The number of aromatic nitrogens is 2. The van der Waals surface area contributed by atoms with Crippen molar-refractivity contribution >= 4 is 11.6 Å². The summed E-state index contributed by atoms with van der Waals surface area (Å²) < 4.78 is 0. The molecule has 2 rings (SSSR count). The minimum atomic E-state index is 0.174. The smallest absolute Gasteiger partial charge is 0.163 e. The number of unbranched alkanes of at least 4 members (excludes halogenated alkanes) is 38. The zero-order valence-corrected chi connectivity index (χ0v) is 39.9. The molecule has 0 fully saturated rings. The minimum Gasteiger partial charge on any atom is -0.294 e. The van der Waals surface area contributed by atoms with Gasteiger partial charge in [-0.2, -0.15) is 0 Å². The lowest BCUT2D eigenvalue weighted by Crippen LogP contribution is -2.02. The van der Waals surface area contributed by atoms with E-state index in [9.17, 15) is 9.59 Å². The van der Waals surface area contributed by atoms with E-state index in [2.05, 4.69) is 23.8 Å². The fourth-order valence-electron chi connectivity index (χ4n) is 8.86. The van der Waals surface area contributed by atoms with Gasteiger partial charge < -0.3 is 0 Å². The predicted octanol–water partition coefficient (Wildman–Crippen LogP) is 18.9. The molecule has 60 heavy (non-hydrogen) atoms. The van der Waals surface area contributed by atoms with Gasteiger partial charge in [0.15, 0.2) is 11.6 Å². The molecule has 342 valence electrons. The van der Waals surface area contributed by atoms with Gasteiger partial charge in [-0.25, -0.2) is 0 Å². The third-order valence-electron chi connectivity index (χ3n) is 12.9. The van der Waals surface area contributed by atoms with Gasteiger partial charge in [0, 0.05) is 36.4 Å². The van der Waals surface area contributed by atoms with Crippen molar-refractivity contribution in [3.63, 3.8) is 0 Å². The Hall–Kier alpha value is -2.36. The second kappa shape index (κ2) is 40.7. The maximum Gasteiger partial charge on any atom is 0.163 e. The normalized spacial score (nSPS) is 11.4. The molecule has 2 aromatic rings. The third kappa shape index (κ3) is 30.6. The van der Waals surface area contributed by atoms with Gasteiger partial charge in [0.25, 0.3) is 0 Å². The van der Waals surface area contributed by atoms with E-state index in [1.165, 1.54) is 231 Å². The number of nitrogens with zero attached hydrogens (tertiary/aromatic N) is 2.